The number of phenolic OH excluding ortho intramolecular Hbond substituents is 1. The summed E-state index contributed by atoms with van der Waals surface area (Å²) in [4.78, 5) is 22.5. The fraction of sp³-hybridized carbons (Fsp3) is 0.220. The molecule has 6 rings (SSSR count). The molecule has 51 heavy (non-hydrogen) atoms. The summed E-state index contributed by atoms with van der Waals surface area (Å²) in [6, 6.07) is 32.2. The van der Waals surface area contributed by atoms with Crippen molar-refractivity contribution in [1.29, 1.82) is 5.26 Å². The average Bonchev–Trinajstić information content (AvgIpc) is 3.51. The van der Waals surface area contributed by atoms with Gasteiger partial charge in [-0.2, -0.15) is 5.26 Å². The van der Waals surface area contributed by atoms with Crippen LogP contribution in [0.3, 0.4) is 0 Å². The van der Waals surface area contributed by atoms with Crippen LogP contribution in [0.2, 0.25) is 0 Å². The fourth-order valence-electron chi connectivity index (χ4n) is 5.49. The Kier molecular flexibility index (Phi) is 12.5. The fourth-order valence-corrected chi connectivity index (χ4v) is 5.49. The maximum atomic E-state index is 14.3. The third kappa shape index (κ3) is 9.35. The summed E-state index contributed by atoms with van der Waals surface area (Å²) >= 11 is 0. The number of carbonyl (C=O) groups is 1. The van der Waals surface area contributed by atoms with Crippen molar-refractivity contribution in [2.75, 3.05) is 20.3 Å². The first-order valence-corrected chi connectivity index (χ1v) is 16.8. The zero-order valence-electron chi connectivity index (χ0n) is 28.9. The van der Waals surface area contributed by atoms with E-state index in [1.54, 1.807) is 37.4 Å². The van der Waals surface area contributed by atoms with E-state index in [0.29, 0.717) is 55.2 Å². The van der Waals surface area contributed by atoms with Crippen molar-refractivity contribution in [3.63, 3.8) is 0 Å². The summed E-state index contributed by atoms with van der Waals surface area (Å²) < 4.78 is 27.5. The maximum Gasteiger partial charge on any atom is 0.251 e. The standard InChI is InChI=1S/C39H34FN5O4.C2H6/c1-48-20-19-45-36-16-13-30(39(47)42-18-17-26-8-14-32(46)15-9-26)23-35(36)43-37(45)22-27-5-10-29(11-6-27)34-3-2-4-38(44-34)49-25-31-12-7-28(24-41)21-33(31)40;1-2/h2-16,21,23,46H,17-20,22,25H2,1H3,(H,42,47);1-2H3. The number of nitrogens with zero attached hydrogens (tertiary/aromatic N) is 4. The third-order valence-electron chi connectivity index (χ3n) is 8.14. The van der Waals surface area contributed by atoms with Gasteiger partial charge in [-0.1, -0.05) is 62.4 Å². The van der Waals surface area contributed by atoms with Crippen LogP contribution in [0, 0.1) is 17.1 Å². The van der Waals surface area contributed by atoms with Crippen LogP contribution in [0.5, 0.6) is 11.6 Å². The molecule has 0 atom stereocenters. The molecular formula is C41H40FN5O4. The molecule has 0 spiro atoms. The minimum absolute atomic E-state index is 0.00973. The highest BCUT2D eigenvalue weighted by atomic mass is 19.1. The molecule has 0 fully saturated rings. The highest BCUT2D eigenvalue weighted by Gasteiger charge is 2.15. The minimum Gasteiger partial charge on any atom is -0.508 e. The number of aromatic hydroxyl groups is 1. The molecule has 0 radical (unpaired) electrons. The van der Waals surface area contributed by atoms with Gasteiger partial charge in [0.2, 0.25) is 5.88 Å². The number of benzene rings is 4. The normalized spacial score (nSPS) is 10.6. The van der Waals surface area contributed by atoms with Gasteiger partial charge in [0.15, 0.2) is 0 Å². The molecule has 1 amide bonds. The first-order valence-electron chi connectivity index (χ1n) is 16.8. The average molecular weight is 686 g/mol. The Labute approximate surface area is 297 Å². The number of carbonyl (C=O) groups excluding carboxylic acids is 1. The van der Waals surface area contributed by atoms with Gasteiger partial charge in [-0.3, -0.25) is 4.79 Å². The Balaban J connectivity index is 0.00000248. The van der Waals surface area contributed by atoms with Gasteiger partial charge in [0.25, 0.3) is 5.91 Å². The number of methoxy groups -OCH3 is 1. The number of hydrogen-bond donors (Lipinski definition) is 2. The second-order valence-electron chi connectivity index (χ2n) is 11.5. The molecule has 2 N–H and O–H groups in total. The van der Waals surface area contributed by atoms with E-state index >= 15 is 0 Å². The number of nitriles is 1. The van der Waals surface area contributed by atoms with E-state index in [2.05, 4.69) is 14.9 Å². The molecule has 4 aromatic carbocycles. The van der Waals surface area contributed by atoms with Gasteiger partial charge in [-0.05, 0) is 66.1 Å². The van der Waals surface area contributed by atoms with Crippen LogP contribution in [0.1, 0.15) is 52.3 Å². The van der Waals surface area contributed by atoms with Crippen molar-refractivity contribution in [3.05, 3.63) is 143 Å². The lowest BCUT2D eigenvalue weighted by Gasteiger charge is -2.10. The first-order chi connectivity index (χ1) is 24.9. The van der Waals surface area contributed by atoms with Gasteiger partial charge >= 0.3 is 0 Å². The Morgan fingerprint density at radius 2 is 1.71 bits per heavy atom. The molecule has 6 aromatic rings. The molecule has 260 valence electrons. The third-order valence-corrected chi connectivity index (χ3v) is 8.14. The number of halogens is 1. The molecule has 10 heteroatoms. The number of fused-ring (bicyclic) bond motifs is 1. The number of amides is 1. The smallest absolute Gasteiger partial charge is 0.251 e. The van der Waals surface area contributed by atoms with Crippen LogP contribution < -0.4 is 10.1 Å². The lowest BCUT2D eigenvalue weighted by Crippen LogP contribution is -2.25. The number of nitrogens with one attached hydrogen (secondary N) is 1. The molecule has 0 saturated carbocycles. The molecule has 9 nitrogen and oxygen atoms in total. The number of imidazole rings is 1. The lowest BCUT2D eigenvalue weighted by atomic mass is 10.1. The SMILES string of the molecule is CC.COCCn1c(Cc2ccc(-c3cccc(OCc4ccc(C#N)cc4F)n3)cc2)nc2cc(C(=O)NCCc3ccc(O)cc3)ccc21. The summed E-state index contributed by atoms with van der Waals surface area (Å²) in [5, 5.41) is 21.4. The van der Waals surface area contributed by atoms with E-state index < -0.39 is 5.82 Å². The van der Waals surface area contributed by atoms with E-state index in [1.165, 1.54) is 6.07 Å². The van der Waals surface area contributed by atoms with Crippen LogP contribution in [-0.4, -0.2) is 45.8 Å². The van der Waals surface area contributed by atoms with E-state index in [1.807, 2.05) is 86.6 Å². The maximum absolute atomic E-state index is 14.3. The zero-order chi connectivity index (χ0) is 36.2. The van der Waals surface area contributed by atoms with E-state index in [-0.39, 0.29) is 23.8 Å². The minimum atomic E-state index is -0.495. The van der Waals surface area contributed by atoms with Crippen LogP contribution in [0.15, 0.2) is 103 Å². The van der Waals surface area contributed by atoms with Crippen LogP contribution in [-0.2, 0) is 30.7 Å². The van der Waals surface area contributed by atoms with Crippen LogP contribution in [0.4, 0.5) is 4.39 Å². The predicted octanol–water partition coefficient (Wildman–Crippen LogP) is 7.63. The Morgan fingerprint density at radius 1 is 0.941 bits per heavy atom. The van der Waals surface area contributed by atoms with Crippen molar-refractivity contribution in [2.24, 2.45) is 0 Å². The van der Waals surface area contributed by atoms with Gasteiger partial charge in [0, 0.05) is 49.4 Å². The summed E-state index contributed by atoms with van der Waals surface area (Å²) in [7, 11) is 1.66. The van der Waals surface area contributed by atoms with Gasteiger partial charge in [0.05, 0.1) is 35.0 Å². The summed E-state index contributed by atoms with van der Waals surface area (Å²) in [5.74, 6) is 0.765. The van der Waals surface area contributed by atoms with Crippen molar-refractivity contribution in [2.45, 2.75) is 39.8 Å². The Hall–Kier alpha value is -6.05. The predicted molar refractivity (Wildman–Crippen MR) is 195 cm³/mol. The number of hydrogen-bond acceptors (Lipinski definition) is 7. The van der Waals surface area contributed by atoms with Crippen molar-refractivity contribution < 1.29 is 23.8 Å². The largest absolute Gasteiger partial charge is 0.508 e. The lowest BCUT2D eigenvalue weighted by molar-refractivity contribution is 0.0954. The zero-order valence-corrected chi connectivity index (χ0v) is 28.9. The number of phenols is 1. The molecule has 0 aliphatic heterocycles. The molecule has 2 heterocycles. The molecule has 0 aliphatic carbocycles. The number of pyridine rings is 1. The summed E-state index contributed by atoms with van der Waals surface area (Å²) in [5.41, 5.74) is 6.47. The van der Waals surface area contributed by atoms with Gasteiger partial charge < -0.3 is 24.5 Å². The second-order valence-corrected chi connectivity index (χ2v) is 11.5. The Morgan fingerprint density at radius 3 is 2.43 bits per heavy atom. The highest BCUT2D eigenvalue weighted by Crippen LogP contribution is 2.24. The second kappa shape index (κ2) is 17.6. The van der Waals surface area contributed by atoms with Crippen molar-refractivity contribution in [3.8, 4) is 29.0 Å². The van der Waals surface area contributed by atoms with Crippen LogP contribution >= 0.6 is 0 Å². The van der Waals surface area contributed by atoms with E-state index in [4.69, 9.17) is 19.7 Å². The van der Waals surface area contributed by atoms with E-state index in [0.717, 1.165) is 33.5 Å². The summed E-state index contributed by atoms with van der Waals surface area (Å²) in [6.07, 6.45) is 1.22. The molecule has 0 saturated heterocycles. The number of aromatic nitrogens is 3. The number of ether oxygens (including phenoxy) is 2. The quantitative estimate of drug-likeness (QED) is 0.128. The van der Waals surface area contributed by atoms with Gasteiger partial charge in [0.1, 0.15) is 24.0 Å². The summed E-state index contributed by atoms with van der Waals surface area (Å²) in [6.45, 7) is 5.58. The van der Waals surface area contributed by atoms with Gasteiger partial charge in [-0.25, -0.2) is 14.4 Å². The molecule has 0 bridgehead atoms. The van der Waals surface area contributed by atoms with Gasteiger partial charge in [-0.15, -0.1) is 0 Å². The van der Waals surface area contributed by atoms with E-state index in [9.17, 15) is 14.3 Å². The van der Waals surface area contributed by atoms with Crippen molar-refractivity contribution in [1.82, 2.24) is 19.9 Å². The molecule has 0 unspecified atom stereocenters. The number of rotatable bonds is 13. The topological polar surface area (TPSA) is 122 Å². The molecule has 0 aliphatic rings. The molecule has 2 aromatic heterocycles. The Bertz CT molecular complexity index is 2120. The monoisotopic (exact) mass is 685 g/mol. The van der Waals surface area contributed by atoms with Crippen molar-refractivity contribution >= 4 is 16.9 Å². The highest BCUT2D eigenvalue weighted by molar-refractivity contribution is 5.97. The molecular weight excluding hydrogens is 645 g/mol. The first kappa shape index (κ1) is 36.2. The van der Waals surface area contributed by atoms with Crippen LogP contribution in [0.25, 0.3) is 22.3 Å².